The predicted octanol–water partition coefficient (Wildman–Crippen LogP) is 2.84. The van der Waals surface area contributed by atoms with Gasteiger partial charge in [-0.25, -0.2) is 4.98 Å². The van der Waals surface area contributed by atoms with E-state index in [4.69, 9.17) is 21.3 Å². The molecule has 7 heteroatoms. The Balaban J connectivity index is 1.45. The zero-order valence-electron chi connectivity index (χ0n) is 14.9. The number of hydrogen-bond acceptors (Lipinski definition) is 4. The van der Waals surface area contributed by atoms with Crippen LogP contribution in [0.25, 0.3) is 11.0 Å². The highest BCUT2D eigenvalue weighted by atomic mass is 35.5. The molecular weight excluding hydrogens is 364 g/mol. The van der Waals surface area contributed by atoms with Crippen molar-refractivity contribution in [3.63, 3.8) is 0 Å². The van der Waals surface area contributed by atoms with Crippen molar-refractivity contribution in [3.05, 3.63) is 59.2 Å². The van der Waals surface area contributed by atoms with Crippen molar-refractivity contribution >= 4 is 34.4 Å². The van der Waals surface area contributed by atoms with Crippen LogP contribution in [-0.4, -0.2) is 41.8 Å². The van der Waals surface area contributed by atoms with Crippen LogP contribution in [-0.2, 0) is 22.6 Å². The number of benzene rings is 1. The van der Waals surface area contributed by atoms with Crippen molar-refractivity contribution in [1.82, 2.24) is 14.9 Å². The molecule has 1 aliphatic heterocycles. The number of halogens is 1. The average molecular weight is 385 g/mol. The minimum atomic E-state index is -0.0638. The number of anilines is 1. The molecule has 6 nitrogen and oxygen atoms in total. The first-order chi connectivity index (χ1) is 13.2. The summed E-state index contributed by atoms with van der Waals surface area (Å²) in [5.41, 5.74) is 1.79. The lowest BCUT2D eigenvalue weighted by Crippen LogP contribution is -2.36. The fourth-order valence-electron chi connectivity index (χ4n) is 3.20. The SMILES string of the molecule is O=C(Cn1ccc2ccc(N3CCOCC3)nc21)NCc1cccc(Cl)c1. The predicted molar refractivity (Wildman–Crippen MR) is 106 cm³/mol. The van der Waals surface area contributed by atoms with Gasteiger partial charge in [-0.2, -0.15) is 0 Å². The Morgan fingerprint density at radius 2 is 2.04 bits per heavy atom. The number of ether oxygens (including phenoxy) is 1. The van der Waals surface area contributed by atoms with Gasteiger partial charge < -0.3 is 19.5 Å². The first-order valence-electron chi connectivity index (χ1n) is 8.99. The van der Waals surface area contributed by atoms with Crippen LogP contribution >= 0.6 is 11.6 Å². The van der Waals surface area contributed by atoms with Crippen LogP contribution in [0.4, 0.5) is 5.82 Å². The molecule has 0 atom stereocenters. The molecule has 0 bridgehead atoms. The number of nitrogens with zero attached hydrogens (tertiary/aromatic N) is 3. The summed E-state index contributed by atoms with van der Waals surface area (Å²) >= 11 is 5.98. The van der Waals surface area contributed by atoms with Gasteiger partial charge in [0.05, 0.1) is 13.2 Å². The molecule has 1 saturated heterocycles. The minimum Gasteiger partial charge on any atom is -0.378 e. The van der Waals surface area contributed by atoms with Crippen molar-refractivity contribution in [2.75, 3.05) is 31.2 Å². The highest BCUT2D eigenvalue weighted by Gasteiger charge is 2.14. The number of rotatable bonds is 5. The lowest BCUT2D eigenvalue weighted by Gasteiger charge is -2.27. The summed E-state index contributed by atoms with van der Waals surface area (Å²) in [6, 6.07) is 13.5. The molecule has 0 spiro atoms. The van der Waals surface area contributed by atoms with Crippen molar-refractivity contribution in [1.29, 1.82) is 0 Å². The second kappa shape index (κ2) is 7.98. The van der Waals surface area contributed by atoms with Crippen LogP contribution in [0.5, 0.6) is 0 Å². The number of fused-ring (bicyclic) bond motifs is 1. The Morgan fingerprint density at radius 1 is 1.19 bits per heavy atom. The zero-order chi connectivity index (χ0) is 18.6. The summed E-state index contributed by atoms with van der Waals surface area (Å²) in [5, 5.41) is 4.62. The molecule has 3 heterocycles. The van der Waals surface area contributed by atoms with Crippen molar-refractivity contribution in [2.45, 2.75) is 13.1 Å². The normalized spacial score (nSPS) is 14.5. The fourth-order valence-corrected chi connectivity index (χ4v) is 3.42. The summed E-state index contributed by atoms with van der Waals surface area (Å²) < 4.78 is 7.29. The molecule has 1 aliphatic rings. The number of pyridine rings is 1. The van der Waals surface area contributed by atoms with Crippen LogP contribution in [0, 0.1) is 0 Å². The average Bonchev–Trinajstić information content (AvgIpc) is 3.09. The summed E-state index contributed by atoms with van der Waals surface area (Å²) in [4.78, 5) is 19.4. The van der Waals surface area contributed by atoms with Crippen molar-refractivity contribution < 1.29 is 9.53 Å². The highest BCUT2D eigenvalue weighted by Crippen LogP contribution is 2.20. The van der Waals surface area contributed by atoms with Crippen molar-refractivity contribution in [3.8, 4) is 0 Å². The molecule has 3 aromatic rings. The monoisotopic (exact) mass is 384 g/mol. The summed E-state index contributed by atoms with van der Waals surface area (Å²) in [7, 11) is 0. The zero-order valence-corrected chi connectivity index (χ0v) is 15.7. The molecule has 140 valence electrons. The van der Waals surface area contributed by atoms with Gasteiger partial charge in [-0.1, -0.05) is 23.7 Å². The van der Waals surface area contributed by atoms with E-state index in [1.54, 1.807) is 0 Å². The molecule has 27 heavy (non-hydrogen) atoms. The summed E-state index contributed by atoms with van der Waals surface area (Å²) in [6.45, 7) is 3.77. The molecule has 1 fully saturated rings. The molecule has 1 amide bonds. The maximum atomic E-state index is 12.4. The lowest BCUT2D eigenvalue weighted by atomic mass is 10.2. The van der Waals surface area contributed by atoms with Gasteiger partial charge in [0.2, 0.25) is 5.91 Å². The smallest absolute Gasteiger partial charge is 0.240 e. The topological polar surface area (TPSA) is 59.4 Å². The Labute approximate surface area is 162 Å². The largest absolute Gasteiger partial charge is 0.378 e. The first kappa shape index (κ1) is 17.8. The third-order valence-corrected chi connectivity index (χ3v) is 4.86. The Hall–Kier alpha value is -2.57. The van der Waals surface area contributed by atoms with Crippen LogP contribution in [0.2, 0.25) is 5.02 Å². The van der Waals surface area contributed by atoms with E-state index >= 15 is 0 Å². The van der Waals surface area contributed by atoms with Gasteiger partial charge in [0.15, 0.2) is 0 Å². The van der Waals surface area contributed by atoms with Crippen LogP contribution in [0.1, 0.15) is 5.56 Å². The van der Waals surface area contributed by atoms with Gasteiger partial charge in [0.25, 0.3) is 0 Å². The third-order valence-electron chi connectivity index (χ3n) is 4.62. The summed E-state index contributed by atoms with van der Waals surface area (Å²) in [6.07, 6.45) is 1.90. The quantitative estimate of drug-likeness (QED) is 0.734. The second-order valence-corrected chi connectivity index (χ2v) is 6.97. The van der Waals surface area contributed by atoms with Gasteiger partial charge in [-0.15, -0.1) is 0 Å². The van der Waals surface area contributed by atoms with Crippen molar-refractivity contribution in [2.24, 2.45) is 0 Å². The van der Waals surface area contributed by atoms with E-state index < -0.39 is 0 Å². The Morgan fingerprint density at radius 3 is 2.85 bits per heavy atom. The molecule has 0 aliphatic carbocycles. The number of amides is 1. The summed E-state index contributed by atoms with van der Waals surface area (Å²) in [5.74, 6) is 0.858. The highest BCUT2D eigenvalue weighted by molar-refractivity contribution is 6.30. The molecule has 1 N–H and O–H groups in total. The molecule has 2 aromatic heterocycles. The van der Waals surface area contributed by atoms with Gasteiger partial charge in [0.1, 0.15) is 18.0 Å². The fraction of sp³-hybridized carbons (Fsp3) is 0.300. The number of nitrogens with one attached hydrogen (secondary N) is 1. The standard InChI is InChI=1S/C20H21ClN4O2/c21-17-3-1-2-15(12-17)13-22-19(26)14-25-7-6-16-4-5-18(23-20(16)25)24-8-10-27-11-9-24/h1-7,12H,8-11,13-14H2,(H,22,26). The van der Waals surface area contributed by atoms with Crippen LogP contribution in [0.3, 0.4) is 0 Å². The molecule has 0 unspecified atom stereocenters. The molecule has 0 saturated carbocycles. The molecule has 4 rings (SSSR count). The van der Waals surface area contributed by atoms with E-state index in [1.165, 1.54) is 0 Å². The molecule has 0 radical (unpaired) electrons. The second-order valence-electron chi connectivity index (χ2n) is 6.53. The number of carbonyl (C=O) groups excluding carboxylic acids is 1. The van der Waals surface area contributed by atoms with E-state index in [-0.39, 0.29) is 12.5 Å². The number of morpholine rings is 1. The van der Waals surface area contributed by atoms with E-state index in [9.17, 15) is 4.79 Å². The van der Waals surface area contributed by atoms with Crippen LogP contribution < -0.4 is 10.2 Å². The first-order valence-corrected chi connectivity index (χ1v) is 9.36. The number of carbonyl (C=O) groups is 1. The van der Waals surface area contributed by atoms with E-state index in [2.05, 4.69) is 10.2 Å². The van der Waals surface area contributed by atoms with Gasteiger partial charge in [-0.05, 0) is 35.9 Å². The lowest BCUT2D eigenvalue weighted by molar-refractivity contribution is -0.121. The van der Waals surface area contributed by atoms with E-state index in [0.717, 1.165) is 35.5 Å². The molecule has 1 aromatic carbocycles. The third kappa shape index (κ3) is 4.23. The van der Waals surface area contributed by atoms with Gasteiger partial charge >= 0.3 is 0 Å². The maximum Gasteiger partial charge on any atom is 0.240 e. The minimum absolute atomic E-state index is 0.0638. The van der Waals surface area contributed by atoms with E-state index in [1.807, 2.05) is 53.2 Å². The van der Waals surface area contributed by atoms with Gasteiger partial charge in [-0.3, -0.25) is 4.79 Å². The molecular formula is C20H21ClN4O2. The Kier molecular flexibility index (Phi) is 5.27. The van der Waals surface area contributed by atoms with Crippen LogP contribution in [0.15, 0.2) is 48.7 Å². The van der Waals surface area contributed by atoms with Gasteiger partial charge in [0, 0.05) is 36.2 Å². The Bertz CT molecular complexity index is 950. The number of aromatic nitrogens is 2. The number of hydrogen-bond donors (Lipinski definition) is 1. The maximum absolute atomic E-state index is 12.4. The van der Waals surface area contributed by atoms with E-state index in [0.29, 0.717) is 24.8 Å².